The molecule has 1 saturated heterocycles. The molecule has 0 aliphatic carbocycles. The highest BCUT2D eigenvalue weighted by Gasteiger charge is 2.29. The van der Waals surface area contributed by atoms with Crippen LogP contribution in [0.4, 0.5) is 10.5 Å². The SMILES string of the molecule is COC(=O)Nc1ccc(-c2cc(C(CC(=O)N3CC[C@@H](O)C3)NC(=O)/C=C/c3cc(Cl)ccc3-n3cnnn3)c(Cl)nn2)cc1. The van der Waals surface area contributed by atoms with Gasteiger partial charge in [0.1, 0.15) is 6.33 Å². The first-order valence-electron chi connectivity index (χ1n) is 13.7. The number of amides is 3. The van der Waals surface area contributed by atoms with E-state index < -0.39 is 24.1 Å². The zero-order valence-electron chi connectivity index (χ0n) is 23.8. The van der Waals surface area contributed by atoms with E-state index in [9.17, 15) is 19.5 Å². The molecule has 45 heavy (non-hydrogen) atoms. The number of aliphatic hydroxyl groups excluding tert-OH is 1. The lowest BCUT2D eigenvalue weighted by molar-refractivity contribution is -0.131. The summed E-state index contributed by atoms with van der Waals surface area (Å²) in [7, 11) is 1.27. The number of aromatic nitrogens is 6. The molecule has 1 unspecified atom stereocenters. The Hall–Kier alpha value is -4.92. The van der Waals surface area contributed by atoms with E-state index in [1.165, 1.54) is 24.2 Å². The third kappa shape index (κ3) is 7.98. The Balaban J connectivity index is 1.42. The summed E-state index contributed by atoms with van der Waals surface area (Å²) in [6.07, 6.45) is 3.37. The number of hydrogen-bond acceptors (Lipinski definition) is 10. The molecule has 3 N–H and O–H groups in total. The maximum Gasteiger partial charge on any atom is 0.411 e. The van der Waals surface area contributed by atoms with Crippen molar-refractivity contribution in [2.24, 2.45) is 0 Å². The molecule has 14 nitrogen and oxygen atoms in total. The van der Waals surface area contributed by atoms with E-state index in [4.69, 9.17) is 23.2 Å². The normalized spacial score (nSPS) is 15.2. The fourth-order valence-electron chi connectivity index (χ4n) is 4.71. The predicted molar refractivity (Wildman–Crippen MR) is 164 cm³/mol. The molecule has 5 rings (SSSR count). The Morgan fingerprint density at radius 2 is 1.93 bits per heavy atom. The van der Waals surface area contributed by atoms with Gasteiger partial charge in [0.05, 0.1) is 37.1 Å². The molecule has 0 bridgehead atoms. The fourth-order valence-corrected chi connectivity index (χ4v) is 5.11. The number of halogens is 2. The zero-order valence-corrected chi connectivity index (χ0v) is 25.3. The van der Waals surface area contributed by atoms with Crippen LogP contribution in [-0.4, -0.2) is 84.6 Å². The van der Waals surface area contributed by atoms with Crippen molar-refractivity contribution in [3.05, 3.63) is 82.2 Å². The van der Waals surface area contributed by atoms with Gasteiger partial charge in [-0.25, -0.2) is 4.79 Å². The van der Waals surface area contributed by atoms with Crippen molar-refractivity contribution in [2.45, 2.75) is 25.0 Å². The van der Waals surface area contributed by atoms with Crippen LogP contribution in [0.1, 0.15) is 30.0 Å². The number of nitrogens with one attached hydrogen (secondary N) is 2. The van der Waals surface area contributed by atoms with E-state index in [1.807, 2.05) is 0 Å². The highest BCUT2D eigenvalue weighted by atomic mass is 35.5. The van der Waals surface area contributed by atoms with Crippen LogP contribution < -0.4 is 10.6 Å². The zero-order chi connectivity index (χ0) is 31.9. The third-order valence-corrected chi connectivity index (χ3v) is 7.50. The number of methoxy groups -OCH3 is 1. The minimum absolute atomic E-state index is 0.00192. The minimum atomic E-state index is -0.896. The number of ether oxygens (including phenoxy) is 1. The molecular formula is C29H27Cl2N9O5. The largest absolute Gasteiger partial charge is 0.453 e. The Morgan fingerprint density at radius 3 is 2.62 bits per heavy atom. The number of anilines is 1. The van der Waals surface area contributed by atoms with Gasteiger partial charge in [-0.3, -0.25) is 14.9 Å². The molecule has 1 aliphatic rings. The second kappa shape index (κ2) is 14.2. The van der Waals surface area contributed by atoms with Crippen LogP contribution in [0.15, 0.2) is 60.9 Å². The number of hydrogen-bond donors (Lipinski definition) is 3. The number of carbonyl (C=O) groups is 3. The second-order valence-electron chi connectivity index (χ2n) is 10.0. The average Bonchev–Trinajstić information content (AvgIpc) is 3.73. The number of tetrazole rings is 1. The van der Waals surface area contributed by atoms with Gasteiger partial charge in [0.2, 0.25) is 11.8 Å². The van der Waals surface area contributed by atoms with Crippen LogP contribution in [0.2, 0.25) is 10.2 Å². The van der Waals surface area contributed by atoms with E-state index >= 15 is 0 Å². The minimum Gasteiger partial charge on any atom is -0.453 e. The summed E-state index contributed by atoms with van der Waals surface area (Å²) in [6, 6.07) is 12.5. The molecule has 1 fully saturated rings. The van der Waals surface area contributed by atoms with Gasteiger partial charge in [-0.15, -0.1) is 15.3 Å². The molecule has 2 aromatic heterocycles. The van der Waals surface area contributed by atoms with Gasteiger partial charge in [-0.05, 0) is 59.3 Å². The van der Waals surface area contributed by atoms with Crippen molar-refractivity contribution in [3.8, 4) is 16.9 Å². The number of β-amino-alcohol motifs (C(OH)–C–C–N with tert-alkyl or cyclic N) is 1. The van der Waals surface area contributed by atoms with E-state index in [0.29, 0.717) is 51.7 Å². The number of carbonyl (C=O) groups excluding carboxylic acids is 3. The summed E-state index contributed by atoms with van der Waals surface area (Å²) >= 11 is 12.7. The smallest absolute Gasteiger partial charge is 0.411 e. The van der Waals surface area contributed by atoms with Crippen LogP contribution in [0.3, 0.4) is 0 Å². The van der Waals surface area contributed by atoms with Crippen molar-refractivity contribution in [3.63, 3.8) is 0 Å². The molecule has 232 valence electrons. The molecule has 3 heterocycles. The summed E-state index contributed by atoms with van der Waals surface area (Å²) in [6.45, 7) is 0.600. The van der Waals surface area contributed by atoms with Crippen molar-refractivity contribution < 1.29 is 24.2 Å². The van der Waals surface area contributed by atoms with Gasteiger partial charge >= 0.3 is 6.09 Å². The molecule has 2 aromatic carbocycles. The van der Waals surface area contributed by atoms with Gasteiger partial charge in [0, 0.05) is 46.6 Å². The Kier molecular flexibility index (Phi) is 9.97. The first-order valence-corrected chi connectivity index (χ1v) is 14.4. The summed E-state index contributed by atoms with van der Waals surface area (Å²) in [4.78, 5) is 39.6. The Bertz CT molecular complexity index is 1720. The number of aliphatic hydroxyl groups is 1. The van der Waals surface area contributed by atoms with Crippen molar-refractivity contribution in [1.29, 1.82) is 0 Å². The molecule has 0 spiro atoms. The second-order valence-corrected chi connectivity index (χ2v) is 10.8. The summed E-state index contributed by atoms with van der Waals surface area (Å²) in [5.74, 6) is -0.797. The number of rotatable bonds is 9. The third-order valence-electron chi connectivity index (χ3n) is 6.97. The lowest BCUT2D eigenvalue weighted by atomic mass is 10.0. The molecule has 4 aromatic rings. The monoisotopic (exact) mass is 651 g/mol. The fraction of sp³-hybridized carbons (Fsp3) is 0.241. The van der Waals surface area contributed by atoms with Crippen LogP contribution in [0, 0.1) is 0 Å². The van der Waals surface area contributed by atoms with Crippen LogP contribution in [0.25, 0.3) is 23.0 Å². The maximum atomic E-state index is 13.3. The summed E-state index contributed by atoms with van der Waals surface area (Å²) in [5.41, 5.74) is 3.09. The van der Waals surface area contributed by atoms with E-state index in [1.54, 1.807) is 59.5 Å². The van der Waals surface area contributed by atoms with E-state index in [0.717, 1.165) is 0 Å². The molecule has 0 radical (unpaired) electrons. The molecular weight excluding hydrogens is 625 g/mol. The highest BCUT2D eigenvalue weighted by Crippen LogP contribution is 2.29. The van der Waals surface area contributed by atoms with Crippen molar-refractivity contribution >= 4 is 52.9 Å². The first-order chi connectivity index (χ1) is 21.7. The van der Waals surface area contributed by atoms with Crippen LogP contribution >= 0.6 is 23.2 Å². The molecule has 16 heteroatoms. The number of nitrogens with zero attached hydrogens (tertiary/aromatic N) is 7. The predicted octanol–water partition coefficient (Wildman–Crippen LogP) is 3.46. The average molecular weight is 652 g/mol. The molecule has 0 saturated carbocycles. The maximum absolute atomic E-state index is 13.3. The quantitative estimate of drug-likeness (QED) is 0.227. The molecule has 3 amide bonds. The van der Waals surface area contributed by atoms with E-state index in [-0.39, 0.29) is 24.0 Å². The van der Waals surface area contributed by atoms with Gasteiger partial charge < -0.3 is 20.1 Å². The van der Waals surface area contributed by atoms with Crippen LogP contribution in [0.5, 0.6) is 0 Å². The van der Waals surface area contributed by atoms with Crippen molar-refractivity contribution in [1.82, 2.24) is 40.6 Å². The highest BCUT2D eigenvalue weighted by molar-refractivity contribution is 6.31. The Morgan fingerprint density at radius 1 is 1.13 bits per heavy atom. The van der Waals surface area contributed by atoms with Gasteiger partial charge in [-0.2, -0.15) is 4.68 Å². The lowest BCUT2D eigenvalue weighted by Crippen LogP contribution is -2.35. The van der Waals surface area contributed by atoms with Gasteiger partial charge in [-0.1, -0.05) is 35.3 Å². The standard InChI is InChI=1S/C29H27Cl2N9O5/c1-45-29(44)33-20-6-2-17(3-7-20)23-13-22(28(31)36-35-23)24(14-27(43)39-11-10-21(41)15-39)34-26(42)9-4-18-12-19(30)5-8-25(18)40-16-32-37-38-40/h2-9,12-13,16,21,24,41H,10-11,14-15H2,1H3,(H,33,44)(H,34,42)/b9-4+/t21-,24?/m1/s1. The van der Waals surface area contributed by atoms with Crippen molar-refractivity contribution in [2.75, 3.05) is 25.5 Å². The topological polar surface area (TPSA) is 177 Å². The number of likely N-dealkylation sites (tertiary alicyclic amines) is 1. The van der Waals surface area contributed by atoms with Gasteiger partial charge in [0.15, 0.2) is 5.15 Å². The Labute approximate surface area is 267 Å². The number of benzene rings is 2. The summed E-state index contributed by atoms with van der Waals surface area (Å²) in [5, 5.41) is 35.3. The molecule has 2 atom stereocenters. The first kappa shape index (κ1) is 31.5. The van der Waals surface area contributed by atoms with E-state index in [2.05, 4.69) is 41.1 Å². The molecule has 1 aliphatic heterocycles. The lowest BCUT2D eigenvalue weighted by Gasteiger charge is -2.23. The van der Waals surface area contributed by atoms with Gasteiger partial charge in [0.25, 0.3) is 0 Å². The summed E-state index contributed by atoms with van der Waals surface area (Å²) < 4.78 is 6.05. The van der Waals surface area contributed by atoms with Crippen LogP contribution in [-0.2, 0) is 14.3 Å².